The standard InChI is InChI=1S/C16H21N3O4S/c20-15(17-7-10-24(22,23)19-8-3-4-9-19)11-14-12-5-1-2-6-13(12)16(21)18-14/h1-2,5-6,14H,3-4,7-11H2,(H,17,20)(H,18,21). The van der Waals surface area contributed by atoms with Crippen LogP contribution in [0.2, 0.25) is 0 Å². The Morgan fingerprint density at radius 1 is 1.25 bits per heavy atom. The van der Waals surface area contributed by atoms with E-state index in [1.807, 2.05) is 12.1 Å². The number of fused-ring (bicyclic) bond motifs is 1. The highest BCUT2D eigenvalue weighted by molar-refractivity contribution is 7.89. The summed E-state index contributed by atoms with van der Waals surface area (Å²) in [6.45, 7) is 1.22. The van der Waals surface area contributed by atoms with Gasteiger partial charge < -0.3 is 10.6 Å². The van der Waals surface area contributed by atoms with E-state index in [1.165, 1.54) is 4.31 Å². The predicted molar refractivity (Wildman–Crippen MR) is 88.9 cm³/mol. The molecule has 1 fully saturated rings. The average molecular weight is 351 g/mol. The summed E-state index contributed by atoms with van der Waals surface area (Å²) in [6.07, 6.45) is 1.89. The van der Waals surface area contributed by atoms with Gasteiger partial charge in [0, 0.05) is 25.2 Å². The molecule has 0 radical (unpaired) electrons. The van der Waals surface area contributed by atoms with Crippen LogP contribution in [0, 0.1) is 0 Å². The van der Waals surface area contributed by atoms with Gasteiger partial charge in [0.15, 0.2) is 0 Å². The second-order valence-corrected chi connectivity index (χ2v) is 8.18. The lowest BCUT2D eigenvalue weighted by Gasteiger charge is -2.16. The van der Waals surface area contributed by atoms with Crippen LogP contribution in [0.5, 0.6) is 0 Å². The van der Waals surface area contributed by atoms with Gasteiger partial charge in [-0.15, -0.1) is 0 Å². The highest BCUT2D eigenvalue weighted by Crippen LogP contribution is 2.27. The van der Waals surface area contributed by atoms with Crippen LogP contribution in [0.3, 0.4) is 0 Å². The maximum atomic E-state index is 12.1. The smallest absolute Gasteiger partial charge is 0.252 e. The Bertz CT molecular complexity index is 741. The number of benzene rings is 1. The Labute approximate surface area is 141 Å². The zero-order valence-electron chi connectivity index (χ0n) is 13.3. The largest absolute Gasteiger partial charge is 0.355 e. The van der Waals surface area contributed by atoms with Crippen molar-refractivity contribution < 1.29 is 18.0 Å². The predicted octanol–water partition coefficient (Wildman–Crippen LogP) is 0.403. The molecule has 0 aromatic heterocycles. The van der Waals surface area contributed by atoms with Crippen LogP contribution < -0.4 is 10.6 Å². The van der Waals surface area contributed by atoms with Crippen LogP contribution in [-0.4, -0.2) is 49.9 Å². The first-order chi connectivity index (χ1) is 11.5. The lowest BCUT2D eigenvalue weighted by atomic mass is 10.0. The molecule has 1 aromatic rings. The van der Waals surface area contributed by atoms with Gasteiger partial charge in [0.1, 0.15) is 0 Å². The van der Waals surface area contributed by atoms with Crippen molar-refractivity contribution in [1.82, 2.24) is 14.9 Å². The molecular weight excluding hydrogens is 330 g/mol. The zero-order valence-corrected chi connectivity index (χ0v) is 14.1. The summed E-state index contributed by atoms with van der Waals surface area (Å²) in [5, 5.41) is 5.41. The fraction of sp³-hybridized carbons (Fsp3) is 0.500. The van der Waals surface area contributed by atoms with Gasteiger partial charge in [-0.3, -0.25) is 9.59 Å². The third-order valence-corrected chi connectivity index (χ3v) is 6.29. The number of hydrogen-bond acceptors (Lipinski definition) is 4. The fourth-order valence-corrected chi connectivity index (χ4v) is 4.59. The minimum Gasteiger partial charge on any atom is -0.355 e. The van der Waals surface area contributed by atoms with E-state index in [1.54, 1.807) is 12.1 Å². The van der Waals surface area contributed by atoms with E-state index in [0.717, 1.165) is 18.4 Å². The summed E-state index contributed by atoms with van der Waals surface area (Å²) in [6, 6.07) is 6.80. The lowest BCUT2D eigenvalue weighted by Crippen LogP contribution is -2.37. The first kappa shape index (κ1) is 16.9. The van der Waals surface area contributed by atoms with E-state index >= 15 is 0 Å². The second-order valence-electron chi connectivity index (χ2n) is 6.09. The molecule has 3 rings (SSSR count). The first-order valence-corrected chi connectivity index (χ1v) is 9.72. The van der Waals surface area contributed by atoms with E-state index in [2.05, 4.69) is 10.6 Å². The van der Waals surface area contributed by atoms with E-state index in [-0.39, 0.29) is 36.6 Å². The van der Waals surface area contributed by atoms with Gasteiger partial charge >= 0.3 is 0 Å². The third kappa shape index (κ3) is 3.59. The molecule has 0 saturated carbocycles. The number of nitrogens with one attached hydrogen (secondary N) is 2. The maximum absolute atomic E-state index is 12.1. The summed E-state index contributed by atoms with van der Waals surface area (Å²) in [5.74, 6) is -0.541. The van der Waals surface area contributed by atoms with Gasteiger partial charge in [0.25, 0.3) is 5.91 Å². The summed E-state index contributed by atoms with van der Waals surface area (Å²) in [7, 11) is -3.29. The molecule has 24 heavy (non-hydrogen) atoms. The van der Waals surface area contributed by atoms with Crippen LogP contribution in [0.4, 0.5) is 0 Å². The number of carbonyl (C=O) groups is 2. The topological polar surface area (TPSA) is 95.6 Å². The lowest BCUT2D eigenvalue weighted by molar-refractivity contribution is -0.121. The first-order valence-electron chi connectivity index (χ1n) is 8.12. The van der Waals surface area contributed by atoms with Crippen LogP contribution in [0.1, 0.15) is 41.2 Å². The van der Waals surface area contributed by atoms with Gasteiger partial charge in [0.2, 0.25) is 15.9 Å². The second kappa shape index (κ2) is 6.90. The number of rotatable bonds is 6. The monoisotopic (exact) mass is 351 g/mol. The number of sulfonamides is 1. The molecule has 2 aliphatic rings. The van der Waals surface area contributed by atoms with Gasteiger partial charge in [-0.25, -0.2) is 12.7 Å². The Morgan fingerprint density at radius 2 is 1.96 bits per heavy atom. The molecule has 2 amide bonds. The summed E-state index contributed by atoms with van der Waals surface area (Å²) in [4.78, 5) is 23.9. The average Bonchev–Trinajstić information content (AvgIpc) is 3.18. The molecule has 0 spiro atoms. The van der Waals surface area contributed by atoms with Crippen molar-refractivity contribution in [1.29, 1.82) is 0 Å². The molecule has 1 atom stereocenters. The van der Waals surface area contributed by atoms with Crippen molar-refractivity contribution in [3.63, 3.8) is 0 Å². The molecule has 2 aliphatic heterocycles. The molecule has 1 unspecified atom stereocenters. The molecule has 7 nitrogen and oxygen atoms in total. The van der Waals surface area contributed by atoms with Crippen molar-refractivity contribution in [2.75, 3.05) is 25.4 Å². The normalized spacial score (nSPS) is 20.7. The van der Waals surface area contributed by atoms with Crippen LogP contribution in [0.25, 0.3) is 0 Å². The molecule has 0 aliphatic carbocycles. The molecule has 2 heterocycles. The van der Waals surface area contributed by atoms with E-state index in [4.69, 9.17) is 0 Å². The van der Waals surface area contributed by atoms with Crippen LogP contribution in [0.15, 0.2) is 24.3 Å². The van der Waals surface area contributed by atoms with Gasteiger partial charge in [-0.05, 0) is 24.5 Å². The van der Waals surface area contributed by atoms with E-state index in [9.17, 15) is 18.0 Å². The molecule has 0 bridgehead atoms. The minimum absolute atomic E-state index is 0.0833. The Morgan fingerprint density at radius 3 is 2.71 bits per heavy atom. The van der Waals surface area contributed by atoms with Crippen LogP contribution >= 0.6 is 0 Å². The quantitative estimate of drug-likeness (QED) is 0.776. The highest BCUT2D eigenvalue weighted by Gasteiger charge is 2.30. The molecule has 1 aromatic carbocycles. The molecule has 1 saturated heterocycles. The summed E-state index contributed by atoms with van der Waals surface area (Å²) >= 11 is 0. The Balaban J connectivity index is 1.49. The summed E-state index contributed by atoms with van der Waals surface area (Å²) < 4.78 is 25.6. The molecular formula is C16H21N3O4S. The van der Waals surface area contributed by atoms with Crippen molar-refractivity contribution >= 4 is 21.8 Å². The SMILES string of the molecule is O=C(CC1NC(=O)c2ccccc21)NCCS(=O)(=O)N1CCCC1. The van der Waals surface area contributed by atoms with Crippen molar-refractivity contribution in [3.8, 4) is 0 Å². The Hall–Kier alpha value is -1.93. The van der Waals surface area contributed by atoms with Crippen molar-refractivity contribution in [2.45, 2.75) is 25.3 Å². The van der Waals surface area contributed by atoms with Crippen LogP contribution in [-0.2, 0) is 14.8 Å². The van der Waals surface area contributed by atoms with Crippen molar-refractivity contribution in [2.24, 2.45) is 0 Å². The maximum Gasteiger partial charge on any atom is 0.252 e. The van der Waals surface area contributed by atoms with Crippen molar-refractivity contribution in [3.05, 3.63) is 35.4 Å². The van der Waals surface area contributed by atoms with E-state index in [0.29, 0.717) is 18.7 Å². The highest BCUT2D eigenvalue weighted by atomic mass is 32.2. The summed E-state index contributed by atoms with van der Waals surface area (Å²) in [5.41, 5.74) is 1.40. The molecule has 130 valence electrons. The van der Waals surface area contributed by atoms with Gasteiger partial charge in [-0.1, -0.05) is 18.2 Å². The zero-order chi connectivity index (χ0) is 17.2. The van der Waals surface area contributed by atoms with Gasteiger partial charge in [-0.2, -0.15) is 0 Å². The third-order valence-electron chi connectivity index (χ3n) is 4.42. The minimum atomic E-state index is -3.29. The Kier molecular flexibility index (Phi) is 4.86. The van der Waals surface area contributed by atoms with Gasteiger partial charge in [0.05, 0.1) is 18.2 Å². The fourth-order valence-electron chi connectivity index (χ4n) is 3.15. The number of hydrogen-bond donors (Lipinski definition) is 2. The number of carbonyl (C=O) groups excluding carboxylic acids is 2. The van der Waals surface area contributed by atoms with E-state index < -0.39 is 10.0 Å². The molecule has 2 N–H and O–H groups in total. The number of amides is 2. The molecule has 8 heteroatoms. The number of nitrogens with zero attached hydrogens (tertiary/aromatic N) is 1.